The van der Waals surface area contributed by atoms with Gasteiger partial charge in [0.2, 0.25) is 0 Å². The van der Waals surface area contributed by atoms with Crippen molar-refractivity contribution in [3.63, 3.8) is 0 Å². The summed E-state index contributed by atoms with van der Waals surface area (Å²) < 4.78 is 63.7. The second-order valence-electron chi connectivity index (χ2n) is 12.1. The van der Waals surface area contributed by atoms with E-state index < -0.39 is 27.5 Å². The first-order chi connectivity index (χ1) is 22.8. The number of carbonyl (C=O) groups excluding carboxylic acids is 2. The number of hydrogen-bond acceptors (Lipinski definition) is 9. The first-order valence-corrected chi connectivity index (χ1v) is 17.6. The first kappa shape index (κ1) is 34.9. The van der Waals surface area contributed by atoms with Crippen LogP contribution >= 0.6 is 0 Å². The van der Waals surface area contributed by atoms with Crippen molar-refractivity contribution >= 4 is 39.1 Å². The van der Waals surface area contributed by atoms with Gasteiger partial charge in [-0.3, -0.25) is 9.69 Å². The fourth-order valence-corrected chi connectivity index (χ4v) is 7.06. The first-order valence-electron chi connectivity index (χ1n) is 15.8. The van der Waals surface area contributed by atoms with Crippen molar-refractivity contribution in [2.75, 3.05) is 48.7 Å². The van der Waals surface area contributed by atoms with Crippen LogP contribution in [0.3, 0.4) is 0 Å². The van der Waals surface area contributed by atoms with Crippen LogP contribution in [-0.4, -0.2) is 79.0 Å². The molecule has 0 spiro atoms. The number of urea groups is 1. The Labute approximate surface area is 277 Å². The zero-order chi connectivity index (χ0) is 34.3. The van der Waals surface area contributed by atoms with E-state index in [0.29, 0.717) is 63.4 Å². The SMILES string of the molecule is Nc1ccc(CNC(=O)NC2CCC(c3ccc(C(=O)NCCN4CCS(=O)(=O)CC4)c(Nc4cccc(C(F)(F)F)c4)n3)CC2)cn1. The molecule has 0 atom stereocenters. The third-order valence-corrected chi connectivity index (χ3v) is 10.2. The molecule has 12 nitrogen and oxygen atoms in total. The van der Waals surface area contributed by atoms with Crippen molar-refractivity contribution in [2.45, 2.75) is 50.4 Å². The molecule has 1 aliphatic carbocycles. The molecule has 3 amide bonds. The number of sulfone groups is 1. The maximum atomic E-state index is 13.4. The minimum absolute atomic E-state index is 0.0153. The summed E-state index contributed by atoms with van der Waals surface area (Å²) in [6.07, 6.45) is -0.137. The lowest BCUT2D eigenvalue weighted by molar-refractivity contribution is -0.137. The number of pyridine rings is 2. The third-order valence-electron chi connectivity index (χ3n) is 8.55. The number of nitrogens with two attached hydrogens (primary N) is 1. The molecule has 0 radical (unpaired) electrons. The Morgan fingerprint density at radius 2 is 1.73 bits per heavy atom. The zero-order valence-electron chi connectivity index (χ0n) is 26.2. The summed E-state index contributed by atoms with van der Waals surface area (Å²) in [5.74, 6) is 0.237. The molecular formula is C32H39F3N8O4S. The minimum Gasteiger partial charge on any atom is -0.384 e. The second-order valence-corrected chi connectivity index (χ2v) is 14.4. The van der Waals surface area contributed by atoms with Gasteiger partial charge in [-0.25, -0.2) is 23.2 Å². The molecule has 2 aliphatic rings. The van der Waals surface area contributed by atoms with E-state index in [-0.39, 0.29) is 53.1 Å². The van der Waals surface area contributed by atoms with E-state index in [1.165, 1.54) is 12.1 Å². The number of nitrogens with one attached hydrogen (secondary N) is 4. The van der Waals surface area contributed by atoms with E-state index in [1.807, 2.05) is 4.90 Å². The third kappa shape index (κ3) is 9.79. The van der Waals surface area contributed by atoms with Gasteiger partial charge in [-0.2, -0.15) is 13.2 Å². The predicted octanol–water partition coefficient (Wildman–Crippen LogP) is 3.81. The summed E-state index contributed by atoms with van der Waals surface area (Å²) in [6.45, 7) is 1.80. The van der Waals surface area contributed by atoms with Gasteiger partial charge in [-0.1, -0.05) is 12.1 Å². The Balaban J connectivity index is 1.22. The van der Waals surface area contributed by atoms with Crippen molar-refractivity contribution in [3.8, 4) is 0 Å². The fourth-order valence-electron chi connectivity index (χ4n) is 5.78. The van der Waals surface area contributed by atoms with Gasteiger partial charge in [0.1, 0.15) is 11.6 Å². The second kappa shape index (κ2) is 15.2. The molecule has 2 fully saturated rings. The molecule has 1 aromatic carbocycles. The number of amides is 3. The molecular weight excluding hydrogens is 649 g/mol. The minimum atomic E-state index is -4.54. The number of nitrogens with zero attached hydrogens (tertiary/aromatic N) is 3. The van der Waals surface area contributed by atoms with Gasteiger partial charge in [0.05, 0.1) is 22.6 Å². The normalized spacial score (nSPS) is 19.6. The molecule has 3 aromatic rings. The highest BCUT2D eigenvalue weighted by atomic mass is 32.2. The van der Waals surface area contributed by atoms with E-state index in [2.05, 4.69) is 26.3 Å². The maximum Gasteiger partial charge on any atom is 0.416 e. The Bertz CT molecular complexity index is 1680. The lowest BCUT2D eigenvalue weighted by atomic mass is 9.83. The molecule has 5 rings (SSSR count). The van der Waals surface area contributed by atoms with Gasteiger partial charge in [-0.05, 0) is 67.6 Å². The molecule has 3 heterocycles. The largest absolute Gasteiger partial charge is 0.416 e. The van der Waals surface area contributed by atoms with Crippen LogP contribution in [0.5, 0.6) is 0 Å². The maximum absolute atomic E-state index is 13.4. The molecule has 0 unspecified atom stereocenters. The summed E-state index contributed by atoms with van der Waals surface area (Å²) in [5, 5.41) is 11.6. The van der Waals surface area contributed by atoms with Crippen LogP contribution < -0.4 is 27.0 Å². The average molecular weight is 689 g/mol. The number of aromatic nitrogens is 2. The Hall–Kier alpha value is -4.44. The number of carbonyl (C=O) groups is 2. The topological polar surface area (TPSA) is 171 Å². The smallest absolute Gasteiger partial charge is 0.384 e. The number of hydrogen-bond donors (Lipinski definition) is 5. The molecule has 1 saturated carbocycles. The van der Waals surface area contributed by atoms with Crippen LogP contribution in [0.2, 0.25) is 0 Å². The van der Waals surface area contributed by atoms with Crippen molar-refractivity contribution in [3.05, 3.63) is 77.1 Å². The average Bonchev–Trinajstić information content (AvgIpc) is 3.05. The summed E-state index contributed by atoms with van der Waals surface area (Å²) >= 11 is 0. The van der Waals surface area contributed by atoms with E-state index in [1.54, 1.807) is 30.5 Å². The number of anilines is 3. The van der Waals surface area contributed by atoms with Gasteiger partial charge >= 0.3 is 12.2 Å². The molecule has 16 heteroatoms. The Morgan fingerprint density at radius 3 is 2.42 bits per heavy atom. The van der Waals surface area contributed by atoms with Crippen molar-refractivity contribution in [2.24, 2.45) is 0 Å². The lowest BCUT2D eigenvalue weighted by Crippen LogP contribution is -2.43. The highest BCUT2D eigenvalue weighted by molar-refractivity contribution is 7.91. The molecule has 1 aliphatic heterocycles. The number of halogens is 3. The van der Waals surface area contributed by atoms with Gasteiger partial charge in [-0.15, -0.1) is 0 Å². The molecule has 0 bridgehead atoms. The van der Waals surface area contributed by atoms with Gasteiger partial charge < -0.3 is 27.0 Å². The van der Waals surface area contributed by atoms with Crippen LogP contribution in [0.1, 0.15) is 58.8 Å². The van der Waals surface area contributed by atoms with Crippen LogP contribution in [0, 0.1) is 0 Å². The molecule has 6 N–H and O–H groups in total. The predicted molar refractivity (Wildman–Crippen MR) is 175 cm³/mol. The summed E-state index contributed by atoms with van der Waals surface area (Å²) in [7, 11) is -3.03. The number of benzene rings is 1. The highest BCUT2D eigenvalue weighted by Gasteiger charge is 2.31. The summed E-state index contributed by atoms with van der Waals surface area (Å²) in [5.41, 5.74) is 6.57. The molecule has 1 saturated heterocycles. The van der Waals surface area contributed by atoms with Crippen LogP contribution in [-0.2, 0) is 22.6 Å². The molecule has 48 heavy (non-hydrogen) atoms. The summed E-state index contributed by atoms with van der Waals surface area (Å²) in [6, 6.07) is 11.2. The van der Waals surface area contributed by atoms with Crippen molar-refractivity contribution in [1.82, 2.24) is 30.8 Å². The number of alkyl halides is 3. The van der Waals surface area contributed by atoms with E-state index in [0.717, 1.165) is 17.7 Å². The molecule has 258 valence electrons. The highest BCUT2D eigenvalue weighted by Crippen LogP contribution is 2.35. The van der Waals surface area contributed by atoms with E-state index in [9.17, 15) is 31.2 Å². The van der Waals surface area contributed by atoms with Crippen LogP contribution in [0.25, 0.3) is 0 Å². The fraction of sp³-hybridized carbons (Fsp3) is 0.438. The standard InChI is InChI=1S/C32H39F3N8O4S/c33-32(34,35)23-2-1-3-25(18-23)40-29-26(30(44)37-12-13-43-14-16-48(46,47)17-15-43)9-10-27(42-29)22-5-7-24(8-6-22)41-31(45)39-20-21-4-11-28(36)38-19-21/h1-4,9-11,18-19,22,24H,5-8,12-17,20H2,(H2,36,38)(H,37,44)(H,40,42)(H2,39,41,45). The van der Waals surface area contributed by atoms with Crippen LogP contribution in [0.4, 0.5) is 35.3 Å². The quantitative estimate of drug-likeness (QED) is 0.213. The van der Waals surface area contributed by atoms with E-state index >= 15 is 0 Å². The Kier molecular flexibility index (Phi) is 11.0. The monoisotopic (exact) mass is 688 g/mol. The van der Waals surface area contributed by atoms with Gasteiger partial charge in [0.15, 0.2) is 9.84 Å². The lowest BCUT2D eigenvalue weighted by Gasteiger charge is -2.29. The van der Waals surface area contributed by atoms with Gasteiger partial charge in [0.25, 0.3) is 5.91 Å². The van der Waals surface area contributed by atoms with Crippen LogP contribution in [0.15, 0.2) is 54.7 Å². The Morgan fingerprint density at radius 1 is 0.979 bits per heavy atom. The van der Waals surface area contributed by atoms with E-state index in [4.69, 9.17) is 10.7 Å². The van der Waals surface area contributed by atoms with Crippen molar-refractivity contribution < 1.29 is 31.2 Å². The number of nitrogen functional groups attached to an aromatic ring is 1. The summed E-state index contributed by atoms with van der Waals surface area (Å²) in [4.78, 5) is 36.5. The van der Waals surface area contributed by atoms with Gasteiger partial charge in [0, 0.05) is 62.3 Å². The number of rotatable bonds is 10. The van der Waals surface area contributed by atoms with Crippen molar-refractivity contribution in [1.29, 1.82) is 0 Å². The zero-order valence-corrected chi connectivity index (χ0v) is 27.0. The molecule has 2 aromatic heterocycles.